The summed E-state index contributed by atoms with van der Waals surface area (Å²) in [6.45, 7) is 1.13. The summed E-state index contributed by atoms with van der Waals surface area (Å²) in [4.78, 5) is 22.9. The average Bonchev–Trinajstić information content (AvgIpc) is 2.57. The van der Waals surface area contributed by atoms with Gasteiger partial charge in [0, 0.05) is 22.8 Å². The Hall–Kier alpha value is -2.57. The molecule has 2 aromatic rings. The van der Waals surface area contributed by atoms with Crippen LogP contribution >= 0.6 is 11.6 Å². The molecule has 0 aliphatic rings. The molecule has 0 aliphatic heterocycles. The van der Waals surface area contributed by atoms with Crippen LogP contribution in [0.2, 0.25) is 5.02 Å². The number of aldehydes is 1. The standard InChI is InChI=1S/C17H18ClN3O3/c1-19-7-8-24-16-6-5-13(18)10-15(16)21-17(23)20-14-4-2-3-12(9-14)11-22/h2-6,9-11,19H,7-8H2,1H3,(H2,20,21,23). The summed E-state index contributed by atoms with van der Waals surface area (Å²) in [6, 6.07) is 11.1. The third kappa shape index (κ3) is 5.26. The van der Waals surface area contributed by atoms with E-state index in [2.05, 4.69) is 16.0 Å². The molecule has 0 spiro atoms. The average molecular weight is 348 g/mol. The zero-order valence-corrected chi connectivity index (χ0v) is 13.9. The highest BCUT2D eigenvalue weighted by molar-refractivity contribution is 6.31. The van der Waals surface area contributed by atoms with Crippen LogP contribution in [0.25, 0.3) is 0 Å². The number of carbonyl (C=O) groups excluding carboxylic acids is 2. The second-order valence-electron chi connectivity index (χ2n) is 4.91. The van der Waals surface area contributed by atoms with Crippen molar-refractivity contribution in [2.75, 3.05) is 30.8 Å². The Morgan fingerprint density at radius 3 is 2.79 bits per heavy atom. The molecule has 0 aliphatic carbocycles. The summed E-state index contributed by atoms with van der Waals surface area (Å²) >= 11 is 5.98. The Bertz CT molecular complexity index is 722. The summed E-state index contributed by atoms with van der Waals surface area (Å²) in [7, 11) is 1.82. The van der Waals surface area contributed by atoms with E-state index in [0.717, 1.165) is 0 Å². The highest BCUT2D eigenvalue weighted by atomic mass is 35.5. The lowest BCUT2D eigenvalue weighted by Crippen LogP contribution is -2.21. The second-order valence-corrected chi connectivity index (χ2v) is 5.35. The molecule has 0 saturated carbocycles. The van der Waals surface area contributed by atoms with Gasteiger partial charge in [0.1, 0.15) is 18.6 Å². The molecule has 0 unspecified atom stereocenters. The van der Waals surface area contributed by atoms with Crippen molar-refractivity contribution in [1.82, 2.24) is 5.32 Å². The Labute approximate surface area is 145 Å². The third-order valence-electron chi connectivity index (χ3n) is 3.08. The van der Waals surface area contributed by atoms with E-state index in [1.54, 1.807) is 42.5 Å². The molecule has 0 atom stereocenters. The van der Waals surface area contributed by atoms with E-state index in [4.69, 9.17) is 16.3 Å². The molecule has 0 heterocycles. The third-order valence-corrected chi connectivity index (χ3v) is 3.32. The van der Waals surface area contributed by atoms with Crippen LogP contribution in [0.3, 0.4) is 0 Å². The number of anilines is 2. The van der Waals surface area contributed by atoms with E-state index in [0.29, 0.717) is 47.1 Å². The van der Waals surface area contributed by atoms with Crippen LogP contribution < -0.4 is 20.7 Å². The number of ether oxygens (including phenoxy) is 1. The first-order chi connectivity index (χ1) is 11.6. The second kappa shape index (κ2) is 8.90. The van der Waals surface area contributed by atoms with Gasteiger partial charge in [0.05, 0.1) is 5.69 Å². The van der Waals surface area contributed by atoms with E-state index >= 15 is 0 Å². The number of likely N-dealkylation sites (N-methyl/N-ethyl adjacent to an activating group) is 1. The monoisotopic (exact) mass is 347 g/mol. The molecule has 0 radical (unpaired) electrons. The molecular weight excluding hydrogens is 330 g/mol. The molecule has 2 rings (SSSR count). The SMILES string of the molecule is CNCCOc1ccc(Cl)cc1NC(=O)Nc1cccc(C=O)c1. The van der Waals surface area contributed by atoms with E-state index in [9.17, 15) is 9.59 Å². The number of amides is 2. The minimum absolute atomic E-state index is 0.454. The smallest absolute Gasteiger partial charge is 0.323 e. The summed E-state index contributed by atoms with van der Waals surface area (Å²) in [5.41, 5.74) is 1.45. The van der Waals surface area contributed by atoms with Crippen molar-refractivity contribution in [3.05, 3.63) is 53.1 Å². The topological polar surface area (TPSA) is 79.5 Å². The van der Waals surface area contributed by atoms with Gasteiger partial charge in [-0.15, -0.1) is 0 Å². The first kappa shape index (κ1) is 17.8. The number of hydrogen-bond donors (Lipinski definition) is 3. The lowest BCUT2D eigenvalue weighted by Gasteiger charge is -2.13. The number of urea groups is 1. The Morgan fingerprint density at radius 2 is 2.04 bits per heavy atom. The molecule has 2 aromatic carbocycles. The van der Waals surface area contributed by atoms with Crippen molar-refractivity contribution in [1.29, 1.82) is 0 Å². The van der Waals surface area contributed by atoms with Crippen LogP contribution in [0, 0.1) is 0 Å². The zero-order valence-electron chi connectivity index (χ0n) is 13.1. The summed E-state index contributed by atoms with van der Waals surface area (Å²) in [6.07, 6.45) is 0.716. The molecule has 126 valence electrons. The van der Waals surface area contributed by atoms with Gasteiger partial charge >= 0.3 is 6.03 Å². The fraction of sp³-hybridized carbons (Fsp3) is 0.176. The van der Waals surface area contributed by atoms with E-state index in [1.807, 2.05) is 7.05 Å². The zero-order chi connectivity index (χ0) is 17.4. The minimum Gasteiger partial charge on any atom is -0.490 e. The van der Waals surface area contributed by atoms with Gasteiger partial charge in [-0.1, -0.05) is 23.7 Å². The largest absolute Gasteiger partial charge is 0.490 e. The van der Waals surface area contributed by atoms with Gasteiger partial charge in [-0.05, 0) is 37.4 Å². The van der Waals surface area contributed by atoms with Crippen LogP contribution in [0.4, 0.5) is 16.2 Å². The fourth-order valence-electron chi connectivity index (χ4n) is 1.96. The van der Waals surface area contributed by atoms with Crippen molar-refractivity contribution in [2.45, 2.75) is 0 Å². The Balaban J connectivity index is 2.06. The predicted octanol–water partition coefficient (Wildman–Crippen LogP) is 3.39. The van der Waals surface area contributed by atoms with Crippen molar-refractivity contribution in [3.8, 4) is 5.75 Å². The predicted molar refractivity (Wildman–Crippen MR) is 95.3 cm³/mol. The first-order valence-corrected chi connectivity index (χ1v) is 7.70. The number of rotatable bonds is 7. The van der Waals surface area contributed by atoms with Gasteiger partial charge in [-0.3, -0.25) is 4.79 Å². The van der Waals surface area contributed by atoms with Crippen LogP contribution in [0.5, 0.6) is 5.75 Å². The van der Waals surface area contributed by atoms with Gasteiger partial charge in [0.15, 0.2) is 0 Å². The molecule has 0 aromatic heterocycles. The maximum atomic E-state index is 12.2. The highest BCUT2D eigenvalue weighted by Gasteiger charge is 2.09. The number of benzene rings is 2. The van der Waals surface area contributed by atoms with Crippen molar-refractivity contribution in [2.24, 2.45) is 0 Å². The molecule has 24 heavy (non-hydrogen) atoms. The molecule has 3 N–H and O–H groups in total. The number of halogens is 1. The van der Waals surface area contributed by atoms with Crippen molar-refractivity contribution in [3.63, 3.8) is 0 Å². The fourth-order valence-corrected chi connectivity index (χ4v) is 2.14. The Morgan fingerprint density at radius 1 is 1.21 bits per heavy atom. The first-order valence-electron chi connectivity index (χ1n) is 7.32. The number of hydrogen-bond acceptors (Lipinski definition) is 4. The highest BCUT2D eigenvalue weighted by Crippen LogP contribution is 2.28. The van der Waals surface area contributed by atoms with Gasteiger partial charge in [0.25, 0.3) is 0 Å². The van der Waals surface area contributed by atoms with Crippen molar-refractivity contribution >= 4 is 35.3 Å². The van der Waals surface area contributed by atoms with Gasteiger partial charge in [-0.2, -0.15) is 0 Å². The van der Waals surface area contributed by atoms with Crippen LogP contribution in [-0.2, 0) is 0 Å². The summed E-state index contributed by atoms with van der Waals surface area (Å²) in [5.74, 6) is 0.520. The van der Waals surface area contributed by atoms with Gasteiger partial charge in [0.2, 0.25) is 0 Å². The summed E-state index contributed by atoms with van der Waals surface area (Å²) < 4.78 is 5.61. The molecule has 0 fully saturated rings. The van der Waals surface area contributed by atoms with Gasteiger partial charge in [-0.25, -0.2) is 4.79 Å². The van der Waals surface area contributed by atoms with Crippen LogP contribution in [-0.4, -0.2) is 32.5 Å². The van der Waals surface area contributed by atoms with Gasteiger partial charge < -0.3 is 20.7 Å². The van der Waals surface area contributed by atoms with Crippen molar-refractivity contribution < 1.29 is 14.3 Å². The molecule has 6 nitrogen and oxygen atoms in total. The lowest BCUT2D eigenvalue weighted by atomic mass is 10.2. The molecule has 2 amide bonds. The van der Waals surface area contributed by atoms with E-state index in [-0.39, 0.29) is 0 Å². The molecule has 0 bridgehead atoms. The van der Waals surface area contributed by atoms with E-state index < -0.39 is 6.03 Å². The number of nitrogens with one attached hydrogen (secondary N) is 3. The summed E-state index contributed by atoms with van der Waals surface area (Å²) in [5, 5.41) is 8.81. The van der Waals surface area contributed by atoms with Crippen LogP contribution in [0.1, 0.15) is 10.4 Å². The Kier molecular flexibility index (Phi) is 6.60. The molecule has 7 heteroatoms. The quantitative estimate of drug-likeness (QED) is 0.530. The normalized spacial score (nSPS) is 10.1. The maximum Gasteiger partial charge on any atom is 0.323 e. The minimum atomic E-state index is -0.459. The number of carbonyl (C=O) groups is 2. The molecule has 0 saturated heterocycles. The van der Waals surface area contributed by atoms with E-state index in [1.165, 1.54) is 0 Å². The lowest BCUT2D eigenvalue weighted by molar-refractivity contribution is 0.112. The molecular formula is C17H18ClN3O3. The van der Waals surface area contributed by atoms with Crippen LogP contribution in [0.15, 0.2) is 42.5 Å². The maximum absolute atomic E-state index is 12.2.